The molecule has 0 unspecified atom stereocenters. The van der Waals surface area contributed by atoms with Crippen LogP contribution in [0.5, 0.6) is 0 Å². The number of nitrogens with zero attached hydrogens (tertiary/aromatic N) is 1. The van der Waals surface area contributed by atoms with Crippen molar-refractivity contribution in [3.63, 3.8) is 0 Å². The topological polar surface area (TPSA) is 9.23 Å². The van der Waals surface area contributed by atoms with E-state index < -0.39 is 0 Å². The van der Waals surface area contributed by atoms with Gasteiger partial charge in [0.1, 0.15) is 26.2 Å². The fourth-order valence-corrected chi connectivity index (χ4v) is 1.35. The molecule has 0 radical (unpaired) electrons. The van der Waals surface area contributed by atoms with Gasteiger partial charge in [-0.3, -0.25) is 0 Å². The van der Waals surface area contributed by atoms with Crippen LogP contribution in [0.4, 0.5) is 0 Å². The Morgan fingerprint density at radius 2 is 1.42 bits per heavy atom. The lowest BCUT2D eigenvalue weighted by Gasteiger charge is -2.32. The number of hydrogen-bond donors (Lipinski definition) is 0. The molecule has 0 amide bonds. The molecule has 0 N–H and O–H groups in total. The minimum atomic E-state index is 0.819. The van der Waals surface area contributed by atoms with Gasteiger partial charge in [-0.2, -0.15) is 4.65 Å². The van der Waals surface area contributed by atoms with Gasteiger partial charge in [-0.1, -0.05) is 13.3 Å². The van der Waals surface area contributed by atoms with E-state index in [0.29, 0.717) is 0 Å². The predicted octanol–water partition coefficient (Wildman–Crippen LogP) is 2.59. The Morgan fingerprint density at radius 3 is 1.75 bits per heavy atom. The zero-order valence-corrected chi connectivity index (χ0v) is 9.10. The van der Waals surface area contributed by atoms with Gasteiger partial charge in [-0.25, -0.2) is 4.84 Å². The van der Waals surface area contributed by atoms with Gasteiger partial charge in [0.05, 0.1) is 0 Å². The van der Waals surface area contributed by atoms with Crippen molar-refractivity contribution in [2.75, 3.05) is 26.2 Å². The van der Waals surface area contributed by atoms with Crippen molar-refractivity contribution in [3.05, 3.63) is 0 Å². The first-order chi connectivity index (χ1) is 5.74. The standard InChI is InChI=1S/C10H24NO/c1-5-9-10-12-11(6-2,7-3)8-4/h5-10H2,1-4H3/q+1. The Kier molecular flexibility index (Phi) is 6.39. The van der Waals surface area contributed by atoms with Gasteiger partial charge in [-0.05, 0) is 27.2 Å². The Morgan fingerprint density at radius 1 is 0.917 bits per heavy atom. The van der Waals surface area contributed by atoms with Crippen molar-refractivity contribution in [2.24, 2.45) is 0 Å². The van der Waals surface area contributed by atoms with Crippen LogP contribution in [0.25, 0.3) is 0 Å². The largest absolute Gasteiger partial charge is 0.203 e. The van der Waals surface area contributed by atoms with Gasteiger partial charge < -0.3 is 0 Å². The second-order valence-electron chi connectivity index (χ2n) is 3.19. The van der Waals surface area contributed by atoms with E-state index in [1.54, 1.807) is 0 Å². The third-order valence-electron chi connectivity index (χ3n) is 2.59. The summed E-state index contributed by atoms with van der Waals surface area (Å²) in [6.45, 7) is 12.9. The molecule has 74 valence electrons. The molecular formula is C10H24NO+. The molecule has 0 aromatic rings. The van der Waals surface area contributed by atoms with E-state index in [1.165, 1.54) is 12.8 Å². The van der Waals surface area contributed by atoms with E-state index in [1.807, 2.05) is 0 Å². The molecule has 0 aliphatic rings. The molecule has 0 saturated heterocycles. The highest BCUT2D eigenvalue weighted by Crippen LogP contribution is 2.07. The van der Waals surface area contributed by atoms with Crippen LogP contribution in [0.1, 0.15) is 40.5 Å². The van der Waals surface area contributed by atoms with Gasteiger partial charge in [0.25, 0.3) is 0 Å². The van der Waals surface area contributed by atoms with Crippen LogP contribution in [-0.4, -0.2) is 30.9 Å². The van der Waals surface area contributed by atoms with Crippen LogP contribution < -0.4 is 0 Å². The van der Waals surface area contributed by atoms with Crippen LogP contribution in [-0.2, 0) is 4.84 Å². The molecule has 0 bridgehead atoms. The fraction of sp³-hybridized carbons (Fsp3) is 1.00. The minimum Gasteiger partial charge on any atom is -0.203 e. The molecule has 0 saturated carbocycles. The first-order valence-electron chi connectivity index (χ1n) is 5.25. The third-order valence-corrected chi connectivity index (χ3v) is 2.59. The van der Waals surface area contributed by atoms with Crippen LogP contribution >= 0.6 is 0 Å². The van der Waals surface area contributed by atoms with E-state index in [0.717, 1.165) is 30.9 Å². The molecule has 0 aliphatic heterocycles. The van der Waals surface area contributed by atoms with Crippen molar-refractivity contribution >= 4 is 0 Å². The Labute approximate surface area is 77.1 Å². The van der Waals surface area contributed by atoms with Gasteiger partial charge in [0, 0.05) is 0 Å². The van der Waals surface area contributed by atoms with Crippen LogP contribution in [0, 0.1) is 0 Å². The molecule has 0 aromatic carbocycles. The predicted molar refractivity (Wildman–Crippen MR) is 52.7 cm³/mol. The first kappa shape index (κ1) is 11.9. The number of rotatable bonds is 7. The molecule has 0 heterocycles. The number of quaternary nitrogens is 1. The molecule has 0 fully saturated rings. The minimum absolute atomic E-state index is 0.819. The summed E-state index contributed by atoms with van der Waals surface area (Å²) in [5.41, 5.74) is 0. The van der Waals surface area contributed by atoms with Gasteiger partial charge >= 0.3 is 0 Å². The quantitative estimate of drug-likeness (QED) is 0.327. The molecule has 0 atom stereocenters. The zero-order valence-electron chi connectivity index (χ0n) is 9.10. The average Bonchev–Trinajstić information content (AvgIpc) is 2.14. The first-order valence-corrected chi connectivity index (χ1v) is 5.25. The molecule has 2 heteroatoms. The maximum Gasteiger partial charge on any atom is 0.106 e. The summed E-state index contributed by atoms with van der Waals surface area (Å²) in [6.07, 6.45) is 2.40. The summed E-state index contributed by atoms with van der Waals surface area (Å²) < 4.78 is 0.819. The second-order valence-corrected chi connectivity index (χ2v) is 3.19. The highest BCUT2D eigenvalue weighted by Gasteiger charge is 2.21. The lowest BCUT2D eigenvalue weighted by atomic mass is 10.4. The van der Waals surface area contributed by atoms with Crippen molar-refractivity contribution < 1.29 is 9.48 Å². The lowest BCUT2D eigenvalue weighted by molar-refractivity contribution is -1.10. The smallest absolute Gasteiger partial charge is 0.106 e. The Bertz CT molecular complexity index is 91.7. The molecule has 12 heavy (non-hydrogen) atoms. The molecule has 0 rings (SSSR count). The van der Waals surface area contributed by atoms with E-state index in [4.69, 9.17) is 4.84 Å². The summed E-state index contributed by atoms with van der Waals surface area (Å²) in [7, 11) is 0. The number of hydrogen-bond acceptors (Lipinski definition) is 1. The summed E-state index contributed by atoms with van der Waals surface area (Å²) in [5, 5.41) is 0. The van der Waals surface area contributed by atoms with Crippen molar-refractivity contribution in [2.45, 2.75) is 40.5 Å². The van der Waals surface area contributed by atoms with Gasteiger partial charge in [0.15, 0.2) is 0 Å². The van der Waals surface area contributed by atoms with Crippen LogP contribution in [0.15, 0.2) is 0 Å². The number of unbranched alkanes of at least 4 members (excludes halogenated alkanes) is 1. The normalized spacial score (nSPS) is 12.0. The lowest BCUT2D eigenvalue weighted by Crippen LogP contribution is -2.47. The van der Waals surface area contributed by atoms with Crippen molar-refractivity contribution in [1.29, 1.82) is 0 Å². The summed E-state index contributed by atoms with van der Waals surface area (Å²) in [4.78, 5) is 5.86. The number of hydroxylamine groups is 3. The van der Waals surface area contributed by atoms with E-state index in [9.17, 15) is 0 Å². The SMILES string of the molecule is CCCCO[N+](CC)(CC)CC. The monoisotopic (exact) mass is 174 g/mol. The Balaban J connectivity index is 3.76. The molecular weight excluding hydrogens is 150 g/mol. The second kappa shape index (κ2) is 6.44. The molecule has 0 aliphatic carbocycles. The van der Waals surface area contributed by atoms with Gasteiger partial charge in [0.2, 0.25) is 0 Å². The van der Waals surface area contributed by atoms with E-state index >= 15 is 0 Å². The summed E-state index contributed by atoms with van der Waals surface area (Å²) >= 11 is 0. The third kappa shape index (κ3) is 3.55. The van der Waals surface area contributed by atoms with Gasteiger partial charge in [-0.15, -0.1) is 0 Å². The molecule has 0 aromatic heterocycles. The average molecular weight is 174 g/mol. The molecule has 2 nitrogen and oxygen atoms in total. The van der Waals surface area contributed by atoms with Crippen LogP contribution in [0.3, 0.4) is 0 Å². The maximum atomic E-state index is 5.86. The van der Waals surface area contributed by atoms with Crippen LogP contribution in [0.2, 0.25) is 0 Å². The fourth-order valence-electron chi connectivity index (χ4n) is 1.35. The van der Waals surface area contributed by atoms with Crippen molar-refractivity contribution in [3.8, 4) is 0 Å². The summed E-state index contributed by atoms with van der Waals surface area (Å²) in [6, 6.07) is 0. The highest BCUT2D eigenvalue weighted by atomic mass is 16.7. The van der Waals surface area contributed by atoms with E-state index in [2.05, 4.69) is 27.7 Å². The van der Waals surface area contributed by atoms with Crippen molar-refractivity contribution in [1.82, 2.24) is 0 Å². The van der Waals surface area contributed by atoms with E-state index in [-0.39, 0.29) is 0 Å². The summed E-state index contributed by atoms with van der Waals surface area (Å²) in [5.74, 6) is 0. The Hall–Kier alpha value is -0.0800. The highest BCUT2D eigenvalue weighted by molar-refractivity contribution is 4.29. The molecule has 0 spiro atoms. The maximum absolute atomic E-state index is 5.86. The zero-order chi connectivity index (χ0) is 9.45.